The second-order valence-corrected chi connectivity index (χ2v) is 3.99. The summed E-state index contributed by atoms with van der Waals surface area (Å²) in [6.07, 6.45) is 1.40. The van der Waals surface area contributed by atoms with Gasteiger partial charge in [0.05, 0.1) is 26.4 Å². The van der Waals surface area contributed by atoms with Crippen LogP contribution in [0.1, 0.15) is 10.6 Å². The van der Waals surface area contributed by atoms with E-state index in [1.54, 1.807) is 6.07 Å². The first-order valence-corrected chi connectivity index (χ1v) is 5.60. The predicted molar refractivity (Wildman–Crippen MR) is 62.7 cm³/mol. The molecule has 1 aromatic heterocycles. The second-order valence-electron chi connectivity index (χ2n) is 3.99. The van der Waals surface area contributed by atoms with Crippen molar-refractivity contribution in [2.45, 2.75) is 6.04 Å². The molecule has 2 heterocycles. The Morgan fingerprint density at radius 1 is 1.53 bits per heavy atom. The van der Waals surface area contributed by atoms with Gasteiger partial charge >= 0.3 is 11.9 Å². The van der Waals surface area contributed by atoms with E-state index in [1.807, 2.05) is 0 Å². The average Bonchev–Trinajstić information content (AvgIpc) is 2.86. The molecular formula is C11H13N3O5. The third kappa shape index (κ3) is 2.97. The lowest BCUT2D eigenvalue weighted by Gasteiger charge is -2.16. The van der Waals surface area contributed by atoms with Crippen LogP contribution in [-0.2, 0) is 14.3 Å². The topological polar surface area (TPSA) is 111 Å². The van der Waals surface area contributed by atoms with Crippen molar-refractivity contribution in [1.29, 1.82) is 0 Å². The summed E-state index contributed by atoms with van der Waals surface area (Å²) in [6, 6.07) is 1.15. The number of nitrogens with zero attached hydrogens (tertiary/aromatic N) is 2. The number of rotatable bonds is 4. The molecule has 8 heteroatoms. The van der Waals surface area contributed by atoms with E-state index in [1.165, 1.54) is 13.3 Å². The number of aromatic nitrogens is 2. The van der Waals surface area contributed by atoms with Crippen molar-refractivity contribution < 1.29 is 24.2 Å². The molecule has 0 amide bonds. The van der Waals surface area contributed by atoms with Crippen LogP contribution in [0.3, 0.4) is 0 Å². The summed E-state index contributed by atoms with van der Waals surface area (Å²) in [4.78, 5) is 30.0. The van der Waals surface area contributed by atoms with Crippen molar-refractivity contribution in [1.82, 2.24) is 9.97 Å². The molecule has 19 heavy (non-hydrogen) atoms. The Balaban J connectivity index is 2.10. The fraction of sp³-hybridized carbons (Fsp3) is 0.455. The highest BCUT2D eigenvalue weighted by Gasteiger charge is 2.34. The molecule has 1 aliphatic heterocycles. The Morgan fingerprint density at radius 2 is 2.32 bits per heavy atom. The Bertz CT molecular complexity index is 493. The van der Waals surface area contributed by atoms with Gasteiger partial charge in [-0.2, -0.15) is 0 Å². The number of carbonyl (C=O) groups excluding carboxylic acids is 1. The minimum Gasteiger partial charge on any atom is -0.481 e. The van der Waals surface area contributed by atoms with Crippen molar-refractivity contribution in [2.24, 2.45) is 5.92 Å². The van der Waals surface area contributed by atoms with E-state index in [4.69, 9.17) is 9.84 Å². The number of esters is 1. The first-order valence-electron chi connectivity index (χ1n) is 5.60. The van der Waals surface area contributed by atoms with Crippen LogP contribution < -0.4 is 5.32 Å². The zero-order chi connectivity index (χ0) is 13.8. The largest absolute Gasteiger partial charge is 0.481 e. The van der Waals surface area contributed by atoms with Crippen molar-refractivity contribution in [2.75, 3.05) is 25.6 Å². The zero-order valence-corrected chi connectivity index (χ0v) is 10.2. The monoisotopic (exact) mass is 267 g/mol. The summed E-state index contributed by atoms with van der Waals surface area (Å²) in [5.74, 6) is -1.95. The van der Waals surface area contributed by atoms with Crippen LogP contribution in [0.15, 0.2) is 12.3 Å². The molecule has 0 bridgehead atoms. The van der Waals surface area contributed by atoms with Gasteiger partial charge in [0.25, 0.3) is 0 Å². The van der Waals surface area contributed by atoms with Crippen LogP contribution in [0.4, 0.5) is 5.82 Å². The fourth-order valence-corrected chi connectivity index (χ4v) is 1.76. The van der Waals surface area contributed by atoms with Crippen LogP contribution in [0, 0.1) is 5.92 Å². The van der Waals surface area contributed by atoms with Crippen molar-refractivity contribution in [3.8, 4) is 0 Å². The summed E-state index contributed by atoms with van der Waals surface area (Å²) in [5, 5.41) is 11.9. The normalized spacial score (nSPS) is 21.9. The maximum atomic E-state index is 11.3. The van der Waals surface area contributed by atoms with Gasteiger partial charge in [-0.1, -0.05) is 0 Å². The number of hydrogen-bond acceptors (Lipinski definition) is 7. The van der Waals surface area contributed by atoms with Gasteiger partial charge in [-0.3, -0.25) is 4.79 Å². The third-order valence-electron chi connectivity index (χ3n) is 2.75. The van der Waals surface area contributed by atoms with Crippen molar-refractivity contribution in [3.05, 3.63) is 18.1 Å². The van der Waals surface area contributed by atoms with Gasteiger partial charge in [-0.05, 0) is 6.07 Å². The molecule has 0 aromatic carbocycles. The second kappa shape index (κ2) is 5.61. The molecule has 0 spiro atoms. The zero-order valence-electron chi connectivity index (χ0n) is 10.2. The predicted octanol–water partition coefficient (Wildman–Crippen LogP) is -0.225. The molecule has 1 aliphatic rings. The number of nitrogens with one attached hydrogen (secondary N) is 1. The number of hydrogen-bond donors (Lipinski definition) is 2. The van der Waals surface area contributed by atoms with Gasteiger partial charge < -0.3 is 19.9 Å². The molecule has 2 unspecified atom stereocenters. The molecule has 0 radical (unpaired) electrons. The molecule has 1 aromatic rings. The lowest BCUT2D eigenvalue weighted by atomic mass is 10.0. The highest BCUT2D eigenvalue weighted by atomic mass is 16.5. The van der Waals surface area contributed by atoms with Crippen molar-refractivity contribution in [3.63, 3.8) is 0 Å². The Labute approximate surface area is 108 Å². The minimum absolute atomic E-state index is 0.0849. The number of carbonyl (C=O) groups is 2. The Morgan fingerprint density at radius 3 is 3.00 bits per heavy atom. The van der Waals surface area contributed by atoms with E-state index in [0.29, 0.717) is 5.82 Å². The molecule has 0 saturated carbocycles. The maximum absolute atomic E-state index is 11.3. The van der Waals surface area contributed by atoms with Gasteiger partial charge in [0.1, 0.15) is 11.7 Å². The van der Waals surface area contributed by atoms with E-state index in [-0.39, 0.29) is 19.0 Å². The molecule has 0 aliphatic carbocycles. The number of carboxylic acids is 1. The van der Waals surface area contributed by atoms with E-state index in [0.717, 1.165) is 0 Å². The van der Waals surface area contributed by atoms with E-state index < -0.39 is 23.9 Å². The van der Waals surface area contributed by atoms with Gasteiger partial charge in [0.2, 0.25) is 5.82 Å². The third-order valence-corrected chi connectivity index (χ3v) is 2.75. The van der Waals surface area contributed by atoms with E-state index >= 15 is 0 Å². The van der Waals surface area contributed by atoms with Crippen molar-refractivity contribution >= 4 is 17.8 Å². The number of anilines is 1. The minimum atomic E-state index is -0.933. The first-order chi connectivity index (χ1) is 9.11. The summed E-state index contributed by atoms with van der Waals surface area (Å²) in [6.45, 7) is 0.427. The van der Waals surface area contributed by atoms with E-state index in [9.17, 15) is 9.59 Å². The van der Waals surface area contributed by atoms with Gasteiger partial charge in [0.15, 0.2) is 0 Å². The van der Waals surface area contributed by atoms with Gasteiger partial charge in [-0.25, -0.2) is 14.8 Å². The molecule has 1 saturated heterocycles. The molecule has 2 rings (SSSR count). The van der Waals surface area contributed by atoms with Gasteiger partial charge in [0, 0.05) is 6.20 Å². The summed E-state index contributed by atoms with van der Waals surface area (Å²) >= 11 is 0. The molecule has 8 nitrogen and oxygen atoms in total. The summed E-state index contributed by atoms with van der Waals surface area (Å²) < 4.78 is 9.63. The number of aliphatic carboxylic acids is 1. The van der Waals surface area contributed by atoms with Crippen LogP contribution in [-0.4, -0.2) is 53.4 Å². The van der Waals surface area contributed by atoms with Crippen LogP contribution in [0.2, 0.25) is 0 Å². The smallest absolute Gasteiger partial charge is 0.376 e. The highest BCUT2D eigenvalue weighted by Crippen LogP contribution is 2.18. The van der Waals surface area contributed by atoms with Crippen LogP contribution >= 0.6 is 0 Å². The Hall–Kier alpha value is -2.22. The first kappa shape index (κ1) is 13.2. The molecule has 2 N–H and O–H groups in total. The maximum Gasteiger partial charge on any atom is 0.376 e. The van der Waals surface area contributed by atoms with E-state index in [2.05, 4.69) is 20.0 Å². The lowest BCUT2D eigenvalue weighted by molar-refractivity contribution is -0.141. The number of carboxylic acid groups (broad SMARTS) is 1. The number of methoxy groups -OCH3 is 1. The highest BCUT2D eigenvalue weighted by molar-refractivity contribution is 5.85. The fourth-order valence-electron chi connectivity index (χ4n) is 1.76. The Kier molecular flexibility index (Phi) is 3.91. The van der Waals surface area contributed by atoms with Crippen LogP contribution in [0.25, 0.3) is 0 Å². The summed E-state index contributed by atoms with van der Waals surface area (Å²) in [5.41, 5.74) is 0. The quantitative estimate of drug-likeness (QED) is 0.720. The molecule has 102 valence electrons. The standard InChI is InChI=1S/C11H13N3O5/c1-18-11(17)9-12-3-2-8(14-9)13-7-5-19-4-6(7)10(15)16/h2-3,6-7H,4-5H2,1H3,(H,15,16)(H,12,13,14). The molecule has 1 fully saturated rings. The van der Waals surface area contributed by atoms with Gasteiger partial charge in [-0.15, -0.1) is 0 Å². The molecular weight excluding hydrogens is 254 g/mol. The summed E-state index contributed by atoms with van der Waals surface area (Å²) in [7, 11) is 1.23. The SMILES string of the molecule is COC(=O)c1nccc(NC2COCC2C(=O)O)n1. The number of ether oxygens (including phenoxy) is 2. The van der Waals surface area contributed by atoms with Crippen LogP contribution in [0.5, 0.6) is 0 Å². The lowest BCUT2D eigenvalue weighted by Crippen LogP contribution is -2.33. The average molecular weight is 267 g/mol. The molecule has 2 atom stereocenters.